The van der Waals surface area contributed by atoms with Gasteiger partial charge in [0.25, 0.3) is 5.69 Å². The van der Waals surface area contributed by atoms with Gasteiger partial charge in [0.1, 0.15) is 24.1 Å². The van der Waals surface area contributed by atoms with Gasteiger partial charge in [-0.2, -0.15) is 0 Å². The molecule has 1 atom stereocenters. The number of hydrogen-bond acceptors (Lipinski definition) is 7. The Hall–Kier alpha value is -2.70. The quantitative estimate of drug-likeness (QED) is 0.272. The zero-order chi connectivity index (χ0) is 20.5. The van der Waals surface area contributed by atoms with E-state index in [1.807, 2.05) is 18.2 Å². The second kappa shape index (κ2) is 10.7. The van der Waals surface area contributed by atoms with Gasteiger partial charge in [-0.05, 0) is 49.9 Å². The van der Waals surface area contributed by atoms with Gasteiger partial charge in [-0.15, -0.1) is 0 Å². The fourth-order valence-electron chi connectivity index (χ4n) is 2.92. The van der Waals surface area contributed by atoms with Gasteiger partial charge >= 0.3 is 14.5 Å². The first kappa shape index (κ1) is 21.0. The smallest absolute Gasteiger partial charge is 0.382 e. The summed E-state index contributed by atoms with van der Waals surface area (Å²) in [5.74, 6) is 0.618. The van der Waals surface area contributed by atoms with Gasteiger partial charge < -0.3 is 13.8 Å². The van der Waals surface area contributed by atoms with E-state index in [-0.39, 0.29) is 24.3 Å². The van der Waals surface area contributed by atoms with E-state index in [9.17, 15) is 14.9 Å². The molecule has 1 aliphatic rings. The Labute approximate surface area is 170 Å². The number of para-hydroxylation sites is 1. The highest BCUT2D eigenvalue weighted by Gasteiger charge is 2.21. The molecule has 1 unspecified atom stereocenters. The Morgan fingerprint density at radius 1 is 1.00 bits per heavy atom. The lowest BCUT2D eigenvalue weighted by molar-refractivity contribution is -0.384. The van der Waals surface area contributed by atoms with E-state index in [4.69, 9.17) is 13.8 Å². The molecular weight excluding hydrogens is 395 g/mol. The highest BCUT2D eigenvalue weighted by molar-refractivity contribution is 7.45. The van der Waals surface area contributed by atoms with Gasteiger partial charge in [-0.1, -0.05) is 24.6 Å². The average Bonchev–Trinajstić information content (AvgIpc) is 2.74. The van der Waals surface area contributed by atoms with Crippen LogP contribution in [-0.2, 0) is 9.53 Å². The van der Waals surface area contributed by atoms with Crippen LogP contribution in [-0.4, -0.2) is 23.5 Å². The van der Waals surface area contributed by atoms with E-state index in [0.717, 1.165) is 25.7 Å². The first-order valence-electron chi connectivity index (χ1n) is 9.49. The molecule has 1 fully saturated rings. The number of non-ortho nitro benzene ring substituents is 1. The normalized spacial score (nSPS) is 15.3. The standard InChI is InChI=1S/C20H23N2O6P/c23-20(26-17-7-3-1-4-8-17)15-21-29(27-18-9-5-2-6-10-18)28-19-13-11-16(12-14-19)22(24)25/h2,5-6,9-14,17,21H,1,3-4,7-8,15H2. The van der Waals surface area contributed by atoms with E-state index in [1.165, 1.54) is 30.7 Å². The molecule has 2 aromatic carbocycles. The number of hydrogen-bond donors (Lipinski definition) is 1. The summed E-state index contributed by atoms with van der Waals surface area (Å²) in [7, 11) is -1.71. The summed E-state index contributed by atoms with van der Waals surface area (Å²) in [5, 5.41) is 13.8. The van der Waals surface area contributed by atoms with Gasteiger partial charge in [0.2, 0.25) is 0 Å². The largest absolute Gasteiger partial charge is 0.461 e. The molecule has 0 aromatic heterocycles. The van der Waals surface area contributed by atoms with E-state index < -0.39 is 13.4 Å². The lowest BCUT2D eigenvalue weighted by atomic mass is 9.98. The zero-order valence-electron chi connectivity index (χ0n) is 15.9. The SMILES string of the molecule is O=C(CNP(Oc1ccccc1)Oc1ccc([N+](=O)[O-])cc1)OC1CCCCC1. The minimum atomic E-state index is -1.71. The summed E-state index contributed by atoms with van der Waals surface area (Å²) in [4.78, 5) is 22.5. The molecule has 8 nitrogen and oxygen atoms in total. The van der Waals surface area contributed by atoms with Crippen molar-refractivity contribution in [3.8, 4) is 11.5 Å². The lowest BCUT2D eigenvalue weighted by Gasteiger charge is -2.23. The molecule has 0 aliphatic heterocycles. The summed E-state index contributed by atoms with van der Waals surface area (Å²) in [6, 6.07) is 14.7. The van der Waals surface area contributed by atoms with E-state index in [0.29, 0.717) is 11.5 Å². The number of nitrogens with one attached hydrogen (secondary N) is 1. The van der Waals surface area contributed by atoms with Crippen LogP contribution >= 0.6 is 8.53 Å². The van der Waals surface area contributed by atoms with Crippen molar-refractivity contribution >= 4 is 20.2 Å². The van der Waals surface area contributed by atoms with Gasteiger partial charge in [0, 0.05) is 12.1 Å². The van der Waals surface area contributed by atoms with Crippen molar-refractivity contribution in [2.24, 2.45) is 0 Å². The Bertz CT molecular complexity index is 796. The Balaban J connectivity index is 1.59. The van der Waals surface area contributed by atoms with Gasteiger partial charge in [0.15, 0.2) is 0 Å². The van der Waals surface area contributed by atoms with Crippen LogP contribution in [0.3, 0.4) is 0 Å². The molecule has 2 aromatic rings. The maximum atomic E-state index is 12.2. The predicted molar refractivity (Wildman–Crippen MR) is 109 cm³/mol. The second-order valence-corrected chi connectivity index (χ2v) is 7.78. The number of esters is 1. The molecule has 1 aliphatic carbocycles. The minimum absolute atomic E-state index is 0.0186. The maximum absolute atomic E-state index is 12.2. The van der Waals surface area contributed by atoms with Crippen LogP contribution in [0.1, 0.15) is 32.1 Å². The number of nitro groups is 1. The van der Waals surface area contributed by atoms with Crippen molar-refractivity contribution in [3.05, 3.63) is 64.7 Å². The Morgan fingerprint density at radius 2 is 1.62 bits per heavy atom. The molecular formula is C20H23N2O6P. The number of carbonyl (C=O) groups excluding carboxylic acids is 1. The number of nitrogens with zero attached hydrogens (tertiary/aromatic N) is 1. The molecule has 0 radical (unpaired) electrons. The highest BCUT2D eigenvalue weighted by Crippen LogP contribution is 2.37. The summed E-state index contributed by atoms with van der Waals surface area (Å²) in [6.07, 6.45) is 5.14. The van der Waals surface area contributed by atoms with Crippen LogP contribution in [0.2, 0.25) is 0 Å². The van der Waals surface area contributed by atoms with Gasteiger partial charge in [-0.3, -0.25) is 14.9 Å². The molecule has 1 N–H and O–H groups in total. The zero-order valence-corrected chi connectivity index (χ0v) is 16.8. The van der Waals surface area contributed by atoms with Crippen LogP contribution in [0.15, 0.2) is 54.6 Å². The number of ether oxygens (including phenoxy) is 1. The Morgan fingerprint density at radius 3 is 2.24 bits per heavy atom. The number of nitro benzene ring substituents is 1. The average molecular weight is 418 g/mol. The third-order valence-electron chi connectivity index (χ3n) is 4.37. The van der Waals surface area contributed by atoms with E-state index >= 15 is 0 Å². The third kappa shape index (κ3) is 7.00. The van der Waals surface area contributed by atoms with Crippen molar-refractivity contribution in [1.82, 2.24) is 5.09 Å². The fourth-order valence-corrected chi connectivity index (χ4v) is 3.98. The summed E-state index contributed by atoms with van der Waals surface area (Å²) in [6.45, 7) is -0.0536. The number of rotatable bonds is 9. The molecule has 0 spiro atoms. The van der Waals surface area contributed by atoms with Crippen molar-refractivity contribution in [1.29, 1.82) is 0 Å². The van der Waals surface area contributed by atoms with Crippen molar-refractivity contribution < 1.29 is 23.5 Å². The third-order valence-corrected chi connectivity index (χ3v) is 5.54. The predicted octanol–water partition coefficient (Wildman–Crippen LogP) is 4.75. The van der Waals surface area contributed by atoms with Crippen LogP contribution in [0.25, 0.3) is 0 Å². The molecule has 3 rings (SSSR count). The fraction of sp³-hybridized carbons (Fsp3) is 0.350. The van der Waals surface area contributed by atoms with E-state index in [1.54, 1.807) is 12.1 Å². The summed E-state index contributed by atoms with van der Waals surface area (Å²) >= 11 is 0. The van der Waals surface area contributed by atoms with Crippen LogP contribution in [0.4, 0.5) is 5.69 Å². The van der Waals surface area contributed by atoms with Gasteiger partial charge in [-0.25, -0.2) is 5.09 Å². The molecule has 1 saturated carbocycles. The molecule has 154 valence electrons. The van der Waals surface area contributed by atoms with Crippen LogP contribution < -0.4 is 14.1 Å². The van der Waals surface area contributed by atoms with Crippen LogP contribution in [0.5, 0.6) is 11.5 Å². The molecule has 0 bridgehead atoms. The summed E-state index contributed by atoms with van der Waals surface area (Å²) < 4.78 is 17.1. The highest BCUT2D eigenvalue weighted by atomic mass is 31.2. The van der Waals surface area contributed by atoms with Crippen molar-refractivity contribution in [2.75, 3.05) is 6.54 Å². The molecule has 9 heteroatoms. The molecule has 0 amide bonds. The molecule has 0 heterocycles. The molecule has 0 saturated heterocycles. The Kier molecular flexibility index (Phi) is 7.78. The number of benzene rings is 2. The number of carbonyl (C=O) groups is 1. The minimum Gasteiger partial charge on any atom is -0.461 e. The lowest BCUT2D eigenvalue weighted by Crippen LogP contribution is -2.28. The van der Waals surface area contributed by atoms with Crippen molar-refractivity contribution in [2.45, 2.75) is 38.2 Å². The first-order valence-corrected chi connectivity index (χ1v) is 10.7. The van der Waals surface area contributed by atoms with Crippen LogP contribution in [0, 0.1) is 10.1 Å². The summed E-state index contributed by atoms with van der Waals surface area (Å²) in [5.41, 5.74) is -0.0327. The maximum Gasteiger partial charge on any atom is 0.382 e. The topological polar surface area (TPSA) is 99.9 Å². The monoisotopic (exact) mass is 418 g/mol. The molecule has 29 heavy (non-hydrogen) atoms. The second-order valence-electron chi connectivity index (χ2n) is 6.59. The van der Waals surface area contributed by atoms with Crippen molar-refractivity contribution in [3.63, 3.8) is 0 Å². The first-order chi connectivity index (χ1) is 14.1. The van der Waals surface area contributed by atoms with Gasteiger partial charge in [0.05, 0.1) is 4.92 Å². The van der Waals surface area contributed by atoms with E-state index in [2.05, 4.69) is 5.09 Å².